The number of rotatable bonds is 7. The molecule has 1 amide bonds. The van der Waals surface area contributed by atoms with Crippen LogP contribution in [-0.2, 0) is 4.79 Å². The molecule has 0 heterocycles. The number of likely N-dealkylation sites (N-methyl/N-ethyl adjacent to an activating group) is 1. The molecule has 16 heavy (non-hydrogen) atoms. The zero-order chi connectivity index (χ0) is 12.8. The van der Waals surface area contributed by atoms with Crippen LogP contribution in [0, 0.1) is 10.8 Å². The Labute approximate surface area is 100 Å². The SMILES string of the molecule is CCC(C)(C)CC(C)(C)C(=O)NCCNC. The minimum Gasteiger partial charge on any atom is -0.354 e. The van der Waals surface area contributed by atoms with Gasteiger partial charge in [-0.3, -0.25) is 4.79 Å². The predicted molar refractivity (Wildman–Crippen MR) is 69.4 cm³/mol. The first-order chi connectivity index (χ1) is 7.25. The van der Waals surface area contributed by atoms with Crippen LogP contribution in [0.25, 0.3) is 0 Å². The topological polar surface area (TPSA) is 41.1 Å². The summed E-state index contributed by atoms with van der Waals surface area (Å²) in [5, 5.41) is 5.99. The summed E-state index contributed by atoms with van der Waals surface area (Å²) in [5.74, 6) is 0.157. The molecule has 0 aliphatic rings. The quantitative estimate of drug-likeness (QED) is 0.656. The molecule has 0 aromatic heterocycles. The first-order valence-corrected chi connectivity index (χ1v) is 6.18. The second-order valence-corrected chi connectivity index (χ2v) is 5.94. The molecule has 0 radical (unpaired) electrons. The van der Waals surface area contributed by atoms with Gasteiger partial charge >= 0.3 is 0 Å². The summed E-state index contributed by atoms with van der Waals surface area (Å²) in [6.45, 7) is 12.2. The van der Waals surface area contributed by atoms with Crippen LogP contribution in [-0.4, -0.2) is 26.0 Å². The summed E-state index contributed by atoms with van der Waals surface area (Å²) in [6.07, 6.45) is 2.02. The Balaban J connectivity index is 4.25. The Kier molecular flexibility index (Phi) is 6.01. The number of carbonyl (C=O) groups excluding carboxylic acids is 1. The van der Waals surface area contributed by atoms with E-state index in [4.69, 9.17) is 0 Å². The molecule has 0 bridgehead atoms. The fourth-order valence-corrected chi connectivity index (χ4v) is 1.94. The molecule has 3 nitrogen and oxygen atoms in total. The van der Waals surface area contributed by atoms with Crippen molar-refractivity contribution in [3.8, 4) is 0 Å². The third-order valence-corrected chi connectivity index (χ3v) is 3.15. The van der Waals surface area contributed by atoms with Crippen LogP contribution >= 0.6 is 0 Å². The molecule has 0 fully saturated rings. The van der Waals surface area contributed by atoms with Crippen molar-refractivity contribution in [2.24, 2.45) is 10.8 Å². The fourth-order valence-electron chi connectivity index (χ4n) is 1.94. The van der Waals surface area contributed by atoms with Crippen molar-refractivity contribution in [2.75, 3.05) is 20.1 Å². The van der Waals surface area contributed by atoms with E-state index in [1.807, 2.05) is 20.9 Å². The number of nitrogens with one attached hydrogen (secondary N) is 2. The normalized spacial score (nSPS) is 12.6. The van der Waals surface area contributed by atoms with Gasteiger partial charge in [-0.2, -0.15) is 0 Å². The van der Waals surface area contributed by atoms with Crippen molar-refractivity contribution in [1.29, 1.82) is 0 Å². The first-order valence-electron chi connectivity index (χ1n) is 6.18. The highest BCUT2D eigenvalue weighted by atomic mass is 16.2. The van der Waals surface area contributed by atoms with Gasteiger partial charge in [0.1, 0.15) is 0 Å². The lowest BCUT2D eigenvalue weighted by atomic mass is 9.73. The minimum atomic E-state index is -0.284. The highest BCUT2D eigenvalue weighted by Gasteiger charge is 2.33. The molecule has 96 valence electrons. The molecule has 0 aliphatic carbocycles. The average molecular weight is 228 g/mol. The molecule has 0 aliphatic heterocycles. The maximum atomic E-state index is 12.0. The molecule has 0 aromatic rings. The maximum absolute atomic E-state index is 12.0. The third-order valence-electron chi connectivity index (χ3n) is 3.15. The lowest BCUT2D eigenvalue weighted by Gasteiger charge is -2.33. The van der Waals surface area contributed by atoms with Gasteiger partial charge in [-0.15, -0.1) is 0 Å². The van der Waals surface area contributed by atoms with Gasteiger partial charge < -0.3 is 10.6 Å². The van der Waals surface area contributed by atoms with Crippen molar-refractivity contribution in [3.63, 3.8) is 0 Å². The van der Waals surface area contributed by atoms with E-state index in [1.165, 1.54) is 0 Å². The fraction of sp³-hybridized carbons (Fsp3) is 0.923. The van der Waals surface area contributed by atoms with E-state index < -0.39 is 0 Å². The van der Waals surface area contributed by atoms with Gasteiger partial charge in [0.15, 0.2) is 0 Å². The second kappa shape index (κ2) is 6.24. The number of amides is 1. The summed E-state index contributed by atoms with van der Waals surface area (Å²) in [6, 6.07) is 0. The molecule has 0 saturated heterocycles. The Bertz CT molecular complexity index is 222. The van der Waals surface area contributed by atoms with Gasteiger partial charge in [0, 0.05) is 18.5 Å². The standard InChI is InChI=1S/C13H28N2O/c1-7-12(2,3)10-13(4,5)11(16)15-9-8-14-6/h14H,7-10H2,1-6H3,(H,15,16). The predicted octanol–water partition coefficient (Wildman–Crippen LogP) is 2.17. The third kappa shape index (κ3) is 5.50. The molecule has 0 atom stereocenters. The molecule has 0 saturated carbocycles. The first kappa shape index (κ1) is 15.4. The molecule has 2 N–H and O–H groups in total. The van der Waals surface area contributed by atoms with Crippen molar-refractivity contribution in [2.45, 2.75) is 47.5 Å². The van der Waals surface area contributed by atoms with Crippen LogP contribution in [0.4, 0.5) is 0 Å². The van der Waals surface area contributed by atoms with Crippen molar-refractivity contribution >= 4 is 5.91 Å². The van der Waals surface area contributed by atoms with Crippen LogP contribution in [0.15, 0.2) is 0 Å². The van der Waals surface area contributed by atoms with Crippen LogP contribution in [0.1, 0.15) is 47.5 Å². The van der Waals surface area contributed by atoms with Crippen LogP contribution in [0.2, 0.25) is 0 Å². The highest BCUT2D eigenvalue weighted by molar-refractivity contribution is 5.81. The number of hydrogen-bond donors (Lipinski definition) is 2. The van der Waals surface area contributed by atoms with Crippen LogP contribution in [0.5, 0.6) is 0 Å². The van der Waals surface area contributed by atoms with E-state index in [0.717, 1.165) is 19.4 Å². The maximum Gasteiger partial charge on any atom is 0.225 e. The van der Waals surface area contributed by atoms with E-state index in [-0.39, 0.29) is 16.7 Å². The van der Waals surface area contributed by atoms with E-state index in [0.29, 0.717) is 6.54 Å². The van der Waals surface area contributed by atoms with E-state index in [2.05, 4.69) is 31.4 Å². The summed E-state index contributed by atoms with van der Waals surface area (Å²) in [4.78, 5) is 12.0. The molecule has 0 unspecified atom stereocenters. The van der Waals surface area contributed by atoms with Crippen LogP contribution < -0.4 is 10.6 Å². The van der Waals surface area contributed by atoms with Crippen molar-refractivity contribution < 1.29 is 4.79 Å². The van der Waals surface area contributed by atoms with E-state index in [9.17, 15) is 4.79 Å². The van der Waals surface area contributed by atoms with Gasteiger partial charge in [-0.1, -0.05) is 41.0 Å². The molecule has 3 heteroatoms. The number of hydrogen-bond acceptors (Lipinski definition) is 2. The van der Waals surface area contributed by atoms with Crippen molar-refractivity contribution in [1.82, 2.24) is 10.6 Å². The Hall–Kier alpha value is -0.570. The summed E-state index contributed by atoms with van der Waals surface area (Å²) in [5.41, 5.74) is -0.0584. The molecule has 0 aromatic carbocycles. The summed E-state index contributed by atoms with van der Waals surface area (Å²) < 4.78 is 0. The second-order valence-electron chi connectivity index (χ2n) is 5.94. The lowest BCUT2D eigenvalue weighted by molar-refractivity contribution is -0.130. The van der Waals surface area contributed by atoms with Gasteiger partial charge in [0.2, 0.25) is 5.91 Å². The van der Waals surface area contributed by atoms with E-state index in [1.54, 1.807) is 0 Å². The Morgan fingerprint density at radius 3 is 2.12 bits per heavy atom. The van der Waals surface area contributed by atoms with Gasteiger partial charge in [-0.05, 0) is 18.9 Å². The average Bonchev–Trinajstić information content (AvgIpc) is 2.16. The molecule has 0 rings (SSSR count). The van der Waals surface area contributed by atoms with Crippen molar-refractivity contribution in [3.05, 3.63) is 0 Å². The zero-order valence-electron chi connectivity index (χ0n) is 11.7. The summed E-state index contributed by atoms with van der Waals surface area (Å²) in [7, 11) is 1.89. The zero-order valence-corrected chi connectivity index (χ0v) is 11.7. The number of carbonyl (C=O) groups is 1. The van der Waals surface area contributed by atoms with Gasteiger partial charge in [-0.25, -0.2) is 0 Å². The Morgan fingerprint density at radius 2 is 1.69 bits per heavy atom. The summed E-state index contributed by atoms with van der Waals surface area (Å²) >= 11 is 0. The monoisotopic (exact) mass is 228 g/mol. The lowest BCUT2D eigenvalue weighted by Crippen LogP contribution is -2.41. The largest absolute Gasteiger partial charge is 0.354 e. The van der Waals surface area contributed by atoms with Gasteiger partial charge in [0.05, 0.1) is 0 Å². The van der Waals surface area contributed by atoms with Gasteiger partial charge in [0.25, 0.3) is 0 Å². The van der Waals surface area contributed by atoms with Crippen LogP contribution in [0.3, 0.4) is 0 Å². The smallest absolute Gasteiger partial charge is 0.225 e. The van der Waals surface area contributed by atoms with E-state index >= 15 is 0 Å². The molecular formula is C13H28N2O. The highest BCUT2D eigenvalue weighted by Crippen LogP contribution is 2.35. The minimum absolute atomic E-state index is 0.157. The Morgan fingerprint density at radius 1 is 1.12 bits per heavy atom. The molecule has 0 spiro atoms. The molecular weight excluding hydrogens is 200 g/mol.